The summed E-state index contributed by atoms with van der Waals surface area (Å²) in [5.74, 6) is -2.00. The Morgan fingerprint density at radius 2 is 1.70 bits per heavy atom. The zero-order valence-electron chi connectivity index (χ0n) is 22.9. The number of sulfonamides is 1. The van der Waals surface area contributed by atoms with Gasteiger partial charge in [-0.05, 0) is 54.6 Å². The number of hydrogen-bond donors (Lipinski definition) is 3. The van der Waals surface area contributed by atoms with Crippen LogP contribution in [0, 0.1) is 5.92 Å². The normalized spacial score (nSPS) is 19.3. The van der Waals surface area contributed by atoms with Gasteiger partial charge in [0, 0.05) is 22.0 Å². The van der Waals surface area contributed by atoms with E-state index in [1.807, 2.05) is 0 Å². The number of para-hydroxylation sites is 1. The standard InChI is InChI=1S/C29H24N4O8S3/c1-40-17-10-8-16(9-11-17)33-27(35)23-22(24-26(32-29(37)43-24)42-25(23)28(33)36)19-4-2-3-5-20(19)41-14-21(34)31-15-6-12-18(13-7-15)44(30,38)39/h2-13,22-23,25H,14H2,1H3,(H,31,34)(H,32,37)(H2,30,38,39)/t22-,23-,25+/m0/s1. The van der Waals surface area contributed by atoms with E-state index in [1.54, 1.807) is 48.5 Å². The molecule has 4 N–H and O–H groups in total. The summed E-state index contributed by atoms with van der Waals surface area (Å²) in [4.78, 5) is 57.0. The predicted molar refractivity (Wildman–Crippen MR) is 164 cm³/mol. The summed E-state index contributed by atoms with van der Waals surface area (Å²) in [7, 11) is -2.36. The van der Waals surface area contributed by atoms with Crippen molar-refractivity contribution in [2.45, 2.75) is 21.1 Å². The molecular weight excluding hydrogens is 629 g/mol. The van der Waals surface area contributed by atoms with Gasteiger partial charge in [-0.25, -0.2) is 18.5 Å². The maximum Gasteiger partial charge on any atom is 0.305 e. The molecule has 1 aromatic heterocycles. The monoisotopic (exact) mass is 652 g/mol. The number of aromatic nitrogens is 1. The van der Waals surface area contributed by atoms with Crippen molar-refractivity contribution in [3.05, 3.63) is 92.9 Å². The van der Waals surface area contributed by atoms with Gasteiger partial charge in [-0.15, -0.1) is 0 Å². The molecule has 0 aliphatic carbocycles. The summed E-state index contributed by atoms with van der Waals surface area (Å²) in [6.45, 7) is -0.412. The van der Waals surface area contributed by atoms with Crippen molar-refractivity contribution in [1.29, 1.82) is 0 Å². The largest absolute Gasteiger partial charge is 0.497 e. The van der Waals surface area contributed by atoms with Crippen molar-refractivity contribution < 1.29 is 32.3 Å². The number of anilines is 2. The van der Waals surface area contributed by atoms with E-state index in [0.717, 1.165) is 23.1 Å². The maximum absolute atomic E-state index is 14.0. The number of imide groups is 1. The summed E-state index contributed by atoms with van der Waals surface area (Å²) < 4.78 is 34.1. The van der Waals surface area contributed by atoms with Gasteiger partial charge in [-0.2, -0.15) is 0 Å². The molecule has 2 aliphatic heterocycles. The minimum Gasteiger partial charge on any atom is -0.497 e. The van der Waals surface area contributed by atoms with Gasteiger partial charge in [-0.3, -0.25) is 19.2 Å². The Kier molecular flexibility index (Phi) is 7.79. The van der Waals surface area contributed by atoms with Gasteiger partial charge >= 0.3 is 4.87 Å². The zero-order chi connectivity index (χ0) is 31.2. The fraction of sp³-hybridized carbons (Fsp3) is 0.172. The molecule has 2 aliphatic rings. The second-order valence-electron chi connectivity index (χ2n) is 9.90. The molecule has 3 amide bonds. The Morgan fingerprint density at radius 1 is 1.00 bits per heavy atom. The van der Waals surface area contributed by atoms with Crippen LogP contribution >= 0.6 is 23.1 Å². The number of thiazole rings is 1. The summed E-state index contributed by atoms with van der Waals surface area (Å²) >= 11 is 2.13. The number of carbonyl (C=O) groups is 3. The van der Waals surface area contributed by atoms with Gasteiger partial charge in [-0.1, -0.05) is 41.3 Å². The van der Waals surface area contributed by atoms with Crippen LogP contribution in [0.25, 0.3) is 0 Å². The van der Waals surface area contributed by atoms with Crippen LogP contribution in [0.15, 0.2) is 87.5 Å². The Morgan fingerprint density at radius 3 is 2.39 bits per heavy atom. The van der Waals surface area contributed by atoms with Crippen LogP contribution in [0.3, 0.4) is 0 Å². The molecule has 226 valence electrons. The average molecular weight is 653 g/mol. The smallest absolute Gasteiger partial charge is 0.305 e. The number of H-pyrrole nitrogens is 1. The quantitative estimate of drug-likeness (QED) is 0.242. The van der Waals surface area contributed by atoms with Gasteiger partial charge in [0.15, 0.2) is 6.61 Å². The molecule has 44 heavy (non-hydrogen) atoms. The van der Waals surface area contributed by atoms with Gasteiger partial charge < -0.3 is 19.8 Å². The van der Waals surface area contributed by atoms with Crippen molar-refractivity contribution in [3.63, 3.8) is 0 Å². The van der Waals surface area contributed by atoms with E-state index in [1.165, 1.54) is 36.3 Å². The topological polar surface area (TPSA) is 178 Å². The fourth-order valence-corrected chi connectivity index (χ4v) is 8.30. The number of thioether (sulfide) groups is 1. The molecule has 15 heteroatoms. The first-order valence-corrected chi connectivity index (χ1v) is 16.4. The Hall–Kier alpha value is -4.44. The van der Waals surface area contributed by atoms with E-state index < -0.39 is 51.4 Å². The molecule has 12 nitrogen and oxygen atoms in total. The van der Waals surface area contributed by atoms with E-state index in [0.29, 0.717) is 38.3 Å². The molecule has 0 radical (unpaired) electrons. The summed E-state index contributed by atoms with van der Waals surface area (Å²) in [5, 5.41) is 7.46. The van der Waals surface area contributed by atoms with Crippen molar-refractivity contribution in [2.24, 2.45) is 11.1 Å². The predicted octanol–water partition coefficient (Wildman–Crippen LogP) is 2.91. The minimum absolute atomic E-state index is 0.0958. The van der Waals surface area contributed by atoms with Gasteiger partial charge in [0.05, 0.1) is 28.6 Å². The molecule has 6 rings (SSSR count). The third-order valence-corrected chi connectivity index (χ3v) is 10.6. The number of carbonyl (C=O) groups excluding carboxylic acids is 3. The molecule has 4 aromatic rings. The summed E-state index contributed by atoms with van der Waals surface area (Å²) in [6, 6.07) is 18.8. The molecule has 0 unspecified atom stereocenters. The van der Waals surface area contributed by atoms with Crippen LogP contribution in [0.4, 0.5) is 11.4 Å². The lowest BCUT2D eigenvalue weighted by Gasteiger charge is -2.30. The Balaban J connectivity index is 1.29. The van der Waals surface area contributed by atoms with Crippen LogP contribution in [-0.4, -0.2) is 50.1 Å². The summed E-state index contributed by atoms with van der Waals surface area (Å²) in [5.41, 5.74) is 1.29. The van der Waals surface area contributed by atoms with Crippen LogP contribution < -0.4 is 29.7 Å². The van der Waals surface area contributed by atoms with Gasteiger partial charge in [0.2, 0.25) is 21.8 Å². The van der Waals surface area contributed by atoms with Crippen molar-refractivity contribution in [1.82, 2.24) is 4.98 Å². The third kappa shape index (κ3) is 5.50. The number of benzene rings is 3. The first-order valence-electron chi connectivity index (χ1n) is 13.1. The number of nitrogens with zero attached hydrogens (tertiary/aromatic N) is 1. The second kappa shape index (κ2) is 11.6. The Labute approximate surface area is 259 Å². The molecule has 0 spiro atoms. The van der Waals surface area contributed by atoms with E-state index in [-0.39, 0.29) is 9.77 Å². The van der Waals surface area contributed by atoms with Crippen molar-refractivity contribution in [3.8, 4) is 11.5 Å². The highest BCUT2D eigenvalue weighted by Gasteiger charge is 2.56. The number of nitrogens with two attached hydrogens (primary N) is 1. The lowest BCUT2D eigenvalue weighted by Crippen LogP contribution is -2.32. The highest BCUT2D eigenvalue weighted by atomic mass is 32.2. The Bertz CT molecular complexity index is 1940. The van der Waals surface area contributed by atoms with E-state index in [4.69, 9.17) is 14.6 Å². The van der Waals surface area contributed by atoms with Crippen LogP contribution in [-0.2, 0) is 24.4 Å². The number of hydrogen-bond acceptors (Lipinski definition) is 10. The van der Waals surface area contributed by atoms with Crippen molar-refractivity contribution >= 4 is 62.2 Å². The number of nitrogens with one attached hydrogen (secondary N) is 2. The number of aromatic amines is 1. The summed E-state index contributed by atoms with van der Waals surface area (Å²) in [6.07, 6.45) is 0. The maximum atomic E-state index is 14.0. The van der Waals surface area contributed by atoms with Gasteiger partial charge in [0.1, 0.15) is 16.7 Å². The van der Waals surface area contributed by atoms with Crippen molar-refractivity contribution in [2.75, 3.05) is 23.9 Å². The van der Waals surface area contributed by atoms with E-state index in [9.17, 15) is 27.6 Å². The molecule has 0 saturated carbocycles. The first kappa shape index (κ1) is 29.6. The van der Waals surface area contributed by atoms with Crippen LogP contribution in [0.5, 0.6) is 11.5 Å². The third-order valence-electron chi connectivity index (χ3n) is 7.23. The second-order valence-corrected chi connectivity index (χ2v) is 13.6. The number of fused-ring (bicyclic) bond motifs is 2. The van der Waals surface area contributed by atoms with Crippen LogP contribution in [0.1, 0.15) is 16.4 Å². The molecular formula is C29H24N4O8S3. The SMILES string of the molecule is COc1ccc(N2C(=O)[C@H]3[C@H](c4ccccc4OCC(=O)Nc4ccc(S(N)(=O)=O)cc4)c4sc(=O)[nH]c4S[C@H]3C2=O)cc1. The number of rotatable bonds is 8. The highest BCUT2D eigenvalue weighted by Crippen LogP contribution is 2.54. The van der Waals surface area contributed by atoms with Gasteiger partial charge in [0.25, 0.3) is 5.91 Å². The molecule has 0 bridgehead atoms. The molecule has 3 aromatic carbocycles. The number of amides is 3. The number of methoxy groups -OCH3 is 1. The molecule has 1 saturated heterocycles. The molecule has 3 heterocycles. The molecule has 3 atom stereocenters. The average Bonchev–Trinajstić information content (AvgIpc) is 3.50. The highest BCUT2D eigenvalue weighted by molar-refractivity contribution is 8.00. The first-order chi connectivity index (χ1) is 21.0. The zero-order valence-corrected chi connectivity index (χ0v) is 25.3. The number of primary sulfonamides is 1. The van der Waals surface area contributed by atoms with E-state index in [2.05, 4.69) is 10.3 Å². The minimum atomic E-state index is -3.88. The van der Waals surface area contributed by atoms with E-state index >= 15 is 0 Å². The lowest BCUT2D eigenvalue weighted by molar-refractivity contribution is -0.122. The fourth-order valence-electron chi connectivity index (χ4n) is 5.28. The van der Waals surface area contributed by atoms with Crippen LogP contribution in [0.2, 0.25) is 0 Å². The molecule has 1 fully saturated rings. The lowest BCUT2D eigenvalue weighted by atomic mass is 9.82. The number of ether oxygens (including phenoxy) is 2.